The molecule has 0 aliphatic carbocycles. The van der Waals surface area contributed by atoms with E-state index in [0.29, 0.717) is 24.2 Å². The molecule has 15 N–H and O–H groups in total. The molecule has 11 amide bonds. The van der Waals surface area contributed by atoms with Crippen molar-refractivity contribution in [2.24, 2.45) is 34.8 Å². The number of amides is 11. The molecule has 2 fully saturated rings. The van der Waals surface area contributed by atoms with Crippen LogP contribution in [0, 0.1) is 11.8 Å². The molecule has 1 aromatic carbocycles. The summed E-state index contributed by atoms with van der Waals surface area (Å²) in [4.78, 5) is 148. The molecule has 0 aromatic heterocycles. The van der Waals surface area contributed by atoms with E-state index in [1.54, 1.807) is 38.1 Å². The lowest BCUT2D eigenvalue weighted by atomic mass is 9.96. The number of ether oxygens (including phenoxy) is 1. The number of nitrogens with two attached hydrogens (primary N) is 4. The van der Waals surface area contributed by atoms with Crippen molar-refractivity contribution in [1.29, 1.82) is 0 Å². The zero-order valence-corrected chi connectivity index (χ0v) is 41.7. The summed E-state index contributed by atoms with van der Waals surface area (Å²) < 4.78 is 5.25. The Labute approximate surface area is 414 Å². The first-order chi connectivity index (χ1) is 33.0. The van der Waals surface area contributed by atoms with Crippen LogP contribution < -0.4 is 64.9 Å². The number of hydrogen-bond acceptors (Lipinski definition) is 15. The van der Waals surface area contributed by atoms with Crippen molar-refractivity contribution >= 4 is 86.6 Å². The topological polar surface area (TPSA) is 389 Å². The number of hydrogen-bond donors (Lipinski definition) is 11. The first-order valence-corrected chi connectivity index (χ1v) is 25.4. The average Bonchev–Trinajstić information content (AvgIpc) is 3.80. The molecule has 2 unspecified atom stereocenters. The maximum atomic E-state index is 14.5. The number of nitrogens with zero attached hydrogens (tertiary/aromatic N) is 1. The maximum Gasteiger partial charge on any atom is 0.246 e. The van der Waals surface area contributed by atoms with E-state index >= 15 is 0 Å². The third kappa shape index (κ3) is 18.6. The molecule has 26 heteroatoms. The molecule has 70 heavy (non-hydrogen) atoms. The minimum absolute atomic E-state index is 0.0458. The van der Waals surface area contributed by atoms with Crippen LogP contribution >= 0.6 is 21.6 Å². The van der Waals surface area contributed by atoms with E-state index in [1.807, 2.05) is 13.8 Å². The third-order valence-electron chi connectivity index (χ3n) is 11.5. The number of benzene rings is 1. The summed E-state index contributed by atoms with van der Waals surface area (Å²) in [5.74, 6) is -9.62. The molecular weight excluding hydrogens is 953 g/mol. The Morgan fingerprint density at radius 1 is 0.786 bits per heavy atom. The van der Waals surface area contributed by atoms with Gasteiger partial charge in [0.1, 0.15) is 48.0 Å². The van der Waals surface area contributed by atoms with Gasteiger partial charge in [-0.3, -0.25) is 52.7 Å². The Kier molecular flexibility index (Phi) is 23.7. The zero-order valence-electron chi connectivity index (χ0n) is 40.0. The predicted octanol–water partition coefficient (Wildman–Crippen LogP) is -3.31. The SMILES string of the molecule is CCC(C)[C@@H]1NC(=O)[C@H](Cc2ccc(OC)cc2)NC(=O)[C@@H](N)CSSC[C@@H](C(=O)N2CCCC2C(=O)N[C@@H](CC(C)C)C(=O)NCC(N)=O)NC(=O)[C@H](CC(N)=O)NC(=O)[C@H](CCC(N)=O)NC1=O. The van der Waals surface area contributed by atoms with Crippen LogP contribution in [0.1, 0.15) is 78.2 Å². The van der Waals surface area contributed by atoms with Gasteiger partial charge < -0.3 is 69.8 Å². The van der Waals surface area contributed by atoms with Crippen molar-refractivity contribution in [1.82, 2.24) is 42.1 Å². The van der Waals surface area contributed by atoms with Crippen LogP contribution in [0.3, 0.4) is 0 Å². The predicted molar refractivity (Wildman–Crippen MR) is 259 cm³/mol. The number of nitrogens with one attached hydrogen (secondary N) is 7. The van der Waals surface area contributed by atoms with Crippen LogP contribution in [0.25, 0.3) is 0 Å². The Bertz CT molecular complexity index is 2060. The lowest BCUT2D eigenvalue weighted by Gasteiger charge is -2.31. The highest BCUT2D eigenvalue weighted by atomic mass is 33.1. The summed E-state index contributed by atoms with van der Waals surface area (Å²) in [5.41, 5.74) is 23.1. The van der Waals surface area contributed by atoms with Gasteiger partial charge in [-0.05, 0) is 55.2 Å². The first kappa shape index (κ1) is 58.2. The highest BCUT2D eigenvalue weighted by Gasteiger charge is 2.41. The Morgan fingerprint density at radius 3 is 2.00 bits per heavy atom. The molecule has 9 atom stereocenters. The molecule has 0 bridgehead atoms. The molecular formula is C44H68N12O12S2. The molecule has 3 rings (SSSR count). The summed E-state index contributed by atoms with van der Waals surface area (Å²) in [7, 11) is 3.56. The molecule has 2 aliphatic rings. The van der Waals surface area contributed by atoms with Gasteiger partial charge in [-0.25, -0.2) is 0 Å². The quantitative estimate of drug-likeness (QED) is 0.0642. The molecule has 0 spiro atoms. The van der Waals surface area contributed by atoms with E-state index in [4.69, 9.17) is 27.7 Å². The largest absolute Gasteiger partial charge is 0.497 e. The Hall–Kier alpha value is -6.15. The first-order valence-electron chi connectivity index (χ1n) is 22.9. The molecule has 2 heterocycles. The van der Waals surface area contributed by atoms with Crippen molar-refractivity contribution in [3.05, 3.63) is 29.8 Å². The van der Waals surface area contributed by atoms with Gasteiger partial charge in [-0.15, -0.1) is 0 Å². The number of carbonyl (C=O) groups excluding carboxylic acids is 11. The fourth-order valence-electron chi connectivity index (χ4n) is 7.47. The zero-order chi connectivity index (χ0) is 52.2. The minimum atomic E-state index is -1.74. The number of likely N-dealkylation sites (tertiary alicyclic amines) is 1. The van der Waals surface area contributed by atoms with Crippen LogP contribution in [0.15, 0.2) is 24.3 Å². The summed E-state index contributed by atoms with van der Waals surface area (Å²) in [5, 5.41) is 18.0. The van der Waals surface area contributed by atoms with Gasteiger partial charge in [0.05, 0.1) is 26.1 Å². The lowest BCUT2D eigenvalue weighted by Crippen LogP contribution is -2.61. The van der Waals surface area contributed by atoms with Crippen molar-refractivity contribution in [2.45, 2.75) is 127 Å². The summed E-state index contributed by atoms with van der Waals surface area (Å²) in [6.45, 7) is 6.65. The van der Waals surface area contributed by atoms with E-state index in [1.165, 1.54) is 12.0 Å². The van der Waals surface area contributed by atoms with Crippen LogP contribution in [0.4, 0.5) is 0 Å². The fraction of sp³-hybridized carbons (Fsp3) is 0.614. The number of rotatable bonds is 18. The number of primary amides is 3. The molecule has 2 saturated heterocycles. The fourth-order valence-corrected chi connectivity index (χ4v) is 9.75. The number of carbonyl (C=O) groups is 11. The summed E-state index contributed by atoms with van der Waals surface area (Å²) in [6.07, 6.45) is -0.578. The van der Waals surface area contributed by atoms with Gasteiger partial charge in [-0.1, -0.05) is 67.8 Å². The second kappa shape index (κ2) is 28.5. The summed E-state index contributed by atoms with van der Waals surface area (Å²) >= 11 is 0. The molecule has 2 aliphatic heterocycles. The lowest BCUT2D eigenvalue weighted by molar-refractivity contribution is -0.142. The summed E-state index contributed by atoms with van der Waals surface area (Å²) in [6, 6.07) is -4.06. The highest BCUT2D eigenvalue weighted by molar-refractivity contribution is 8.76. The van der Waals surface area contributed by atoms with Crippen molar-refractivity contribution in [2.75, 3.05) is 31.7 Å². The van der Waals surface area contributed by atoms with E-state index < -0.39 is 139 Å². The van der Waals surface area contributed by atoms with Gasteiger partial charge in [0, 0.05) is 30.9 Å². The van der Waals surface area contributed by atoms with Crippen molar-refractivity contribution in [3.63, 3.8) is 0 Å². The Morgan fingerprint density at radius 2 is 1.40 bits per heavy atom. The molecule has 1 aromatic rings. The van der Waals surface area contributed by atoms with Crippen molar-refractivity contribution in [3.8, 4) is 5.75 Å². The standard InChI is InChI=1S/C44H68N12O12S2/c1-6-23(4)36-43(66)50-27(13-14-33(46)57)39(62)52-30(18-34(47)58)40(63)54-31(44(67)56-15-7-8-32(56)42(65)53-28(16-22(2)3)38(61)49-19-35(48)59)21-70-69-20-26(45)37(60)51-29(41(64)55-36)17-24-9-11-25(68-5)12-10-24/h9-12,22-23,26-32,36H,6-8,13-21,45H2,1-5H3,(H2,46,57)(H2,47,58)(H2,48,59)(H,49,61)(H,50,66)(H,51,60)(H,52,62)(H,53,65)(H,54,63)(H,55,64)/t23?,26-,27-,28-,29-,30-,31-,32?,36-/m0/s1. The highest BCUT2D eigenvalue weighted by Crippen LogP contribution is 2.26. The second-order valence-electron chi connectivity index (χ2n) is 17.6. The average molecular weight is 1020 g/mol. The maximum absolute atomic E-state index is 14.5. The van der Waals surface area contributed by atoms with Crippen LogP contribution in [-0.4, -0.2) is 150 Å². The van der Waals surface area contributed by atoms with Gasteiger partial charge in [0.15, 0.2) is 0 Å². The smallest absolute Gasteiger partial charge is 0.246 e. The van der Waals surface area contributed by atoms with Gasteiger partial charge in [0.2, 0.25) is 65.0 Å². The van der Waals surface area contributed by atoms with Gasteiger partial charge in [0.25, 0.3) is 0 Å². The molecule has 0 saturated carbocycles. The number of methoxy groups -OCH3 is 1. The Balaban J connectivity index is 2.06. The van der Waals surface area contributed by atoms with Gasteiger partial charge >= 0.3 is 0 Å². The molecule has 388 valence electrons. The van der Waals surface area contributed by atoms with E-state index in [0.717, 1.165) is 21.6 Å². The van der Waals surface area contributed by atoms with E-state index in [-0.39, 0.29) is 49.7 Å². The van der Waals surface area contributed by atoms with Gasteiger partial charge in [-0.2, -0.15) is 0 Å². The van der Waals surface area contributed by atoms with Crippen LogP contribution in [0.2, 0.25) is 0 Å². The minimum Gasteiger partial charge on any atom is -0.497 e. The normalized spacial score (nSPS) is 24.1. The molecule has 24 nitrogen and oxygen atoms in total. The third-order valence-corrected chi connectivity index (χ3v) is 14.0. The van der Waals surface area contributed by atoms with E-state index in [9.17, 15) is 52.7 Å². The molecule has 0 radical (unpaired) electrons. The van der Waals surface area contributed by atoms with E-state index in [2.05, 4.69) is 37.2 Å². The van der Waals surface area contributed by atoms with Crippen LogP contribution in [-0.2, 0) is 59.2 Å². The second-order valence-corrected chi connectivity index (χ2v) is 20.1. The monoisotopic (exact) mass is 1020 g/mol. The van der Waals surface area contributed by atoms with Crippen LogP contribution in [0.5, 0.6) is 5.75 Å². The van der Waals surface area contributed by atoms with Crippen molar-refractivity contribution < 1.29 is 57.5 Å².